The van der Waals surface area contributed by atoms with Gasteiger partial charge >= 0.3 is 0 Å². The molecule has 1 aromatic carbocycles. The van der Waals surface area contributed by atoms with E-state index in [2.05, 4.69) is 15.3 Å². The van der Waals surface area contributed by atoms with Gasteiger partial charge in [-0.2, -0.15) is 0 Å². The van der Waals surface area contributed by atoms with Crippen molar-refractivity contribution in [3.8, 4) is 0 Å². The summed E-state index contributed by atoms with van der Waals surface area (Å²) in [5.74, 6) is 0.303. The van der Waals surface area contributed by atoms with Crippen LogP contribution in [0.5, 0.6) is 0 Å². The second-order valence-corrected chi connectivity index (χ2v) is 6.14. The van der Waals surface area contributed by atoms with Crippen molar-refractivity contribution >= 4 is 29.1 Å². The lowest BCUT2D eigenvalue weighted by Gasteiger charge is -2.27. The van der Waals surface area contributed by atoms with Crippen LogP contribution in [0.3, 0.4) is 0 Å². The molecule has 2 aromatic rings. The summed E-state index contributed by atoms with van der Waals surface area (Å²) in [4.78, 5) is 23.4. The number of nitrogens with zero attached hydrogens (tertiary/aromatic N) is 3. The zero-order valence-corrected chi connectivity index (χ0v) is 14.4. The van der Waals surface area contributed by atoms with Crippen LogP contribution < -0.4 is 10.2 Å². The molecule has 0 saturated carbocycles. The Kier molecular flexibility index (Phi) is 4.97. The van der Waals surface area contributed by atoms with Gasteiger partial charge in [-0.15, -0.1) is 0 Å². The van der Waals surface area contributed by atoms with Gasteiger partial charge in [-0.3, -0.25) is 4.79 Å². The fourth-order valence-corrected chi connectivity index (χ4v) is 2.75. The molecule has 0 atom stereocenters. The van der Waals surface area contributed by atoms with Crippen molar-refractivity contribution in [3.05, 3.63) is 46.2 Å². The van der Waals surface area contributed by atoms with E-state index in [-0.39, 0.29) is 5.91 Å². The predicted molar refractivity (Wildman–Crippen MR) is 93.9 cm³/mol. The summed E-state index contributed by atoms with van der Waals surface area (Å²) in [6.07, 6.45) is 0. The molecule has 0 aliphatic carbocycles. The summed E-state index contributed by atoms with van der Waals surface area (Å²) in [6, 6.07) is 7.02. The number of hydrogen-bond acceptors (Lipinski definition) is 5. The summed E-state index contributed by atoms with van der Waals surface area (Å²) in [5.41, 5.74) is 2.71. The van der Waals surface area contributed by atoms with E-state index < -0.39 is 0 Å². The number of rotatable bonds is 3. The molecule has 0 radical (unpaired) electrons. The molecule has 2 heterocycles. The van der Waals surface area contributed by atoms with Crippen molar-refractivity contribution < 1.29 is 9.53 Å². The van der Waals surface area contributed by atoms with Crippen molar-refractivity contribution in [1.29, 1.82) is 0 Å². The molecule has 1 aliphatic heterocycles. The molecule has 24 heavy (non-hydrogen) atoms. The minimum Gasteiger partial charge on any atom is -0.378 e. The Bertz CT molecular complexity index is 760. The highest BCUT2D eigenvalue weighted by molar-refractivity contribution is 6.30. The number of anilines is 2. The summed E-state index contributed by atoms with van der Waals surface area (Å²) in [5, 5.41) is 3.52. The molecule has 0 spiro atoms. The Morgan fingerprint density at radius 3 is 2.67 bits per heavy atom. The fraction of sp³-hybridized carbons (Fsp3) is 0.353. The fourth-order valence-electron chi connectivity index (χ4n) is 2.53. The van der Waals surface area contributed by atoms with Crippen LogP contribution in [0.25, 0.3) is 0 Å². The molecule has 0 unspecified atom stereocenters. The molecular formula is C17H19ClN4O2. The standard InChI is InChI=1S/C17H19ClN4O2/c1-11-9-13(18)3-4-14(11)20-16(23)15-10-12(2)19-17(21-15)22-5-7-24-8-6-22/h3-4,9-10H,5-8H2,1-2H3,(H,20,23). The van der Waals surface area contributed by atoms with Crippen molar-refractivity contribution in [2.45, 2.75) is 13.8 Å². The molecule has 1 amide bonds. The number of benzene rings is 1. The van der Waals surface area contributed by atoms with Crippen LogP contribution in [-0.4, -0.2) is 42.2 Å². The summed E-state index contributed by atoms with van der Waals surface area (Å²) in [6.45, 7) is 6.48. The number of amides is 1. The third-order valence-corrected chi connectivity index (χ3v) is 4.04. The third kappa shape index (κ3) is 3.83. The summed E-state index contributed by atoms with van der Waals surface area (Å²) in [7, 11) is 0. The van der Waals surface area contributed by atoms with Gasteiger partial charge < -0.3 is 15.0 Å². The highest BCUT2D eigenvalue weighted by Gasteiger charge is 2.17. The van der Waals surface area contributed by atoms with Gasteiger partial charge in [0.05, 0.1) is 13.2 Å². The Hall–Kier alpha value is -2.18. The lowest BCUT2D eigenvalue weighted by Crippen LogP contribution is -2.37. The summed E-state index contributed by atoms with van der Waals surface area (Å²) < 4.78 is 5.34. The maximum atomic E-state index is 12.6. The van der Waals surface area contributed by atoms with E-state index >= 15 is 0 Å². The number of hydrogen-bond donors (Lipinski definition) is 1. The zero-order valence-electron chi connectivity index (χ0n) is 13.7. The molecule has 7 heteroatoms. The molecule has 1 saturated heterocycles. The van der Waals surface area contributed by atoms with Gasteiger partial charge in [0.2, 0.25) is 5.95 Å². The van der Waals surface area contributed by atoms with E-state index in [0.29, 0.717) is 35.6 Å². The van der Waals surface area contributed by atoms with Gasteiger partial charge in [-0.1, -0.05) is 11.6 Å². The molecule has 1 aliphatic rings. The molecule has 126 valence electrons. The highest BCUT2D eigenvalue weighted by atomic mass is 35.5. The van der Waals surface area contributed by atoms with Crippen LogP contribution in [-0.2, 0) is 4.74 Å². The number of ether oxygens (including phenoxy) is 1. The first-order valence-electron chi connectivity index (χ1n) is 7.79. The number of aromatic nitrogens is 2. The largest absolute Gasteiger partial charge is 0.378 e. The van der Waals surface area contributed by atoms with Gasteiger partial charge in [0, 0.05) is 29.5 Å². The van der Waals surface area contributed by atoms with Crippen molar-refractivity contribution in [3.63, 3.8) is 0 Å². The van der Waals surface area contributed by atoms with E-state index in [9.17, 15) is 4.79 Å². The van der Waals surface area contributed by atoms with Crippen molar-refractivity contribution in [2.75, 3.05) is 36.5 Å². The van der Waals surface area contributed by atoms with E-state index in [1.54, 1.807) is 18.2 Å². The van der Waals surface area contributed by atoms with Crippen LogP contribution in [0.15, 0.2) is 24.3 Å². The maximum Gasteiger partial charge on any atom is 0.274 e. The average molecular weight is 347 g/mol. The van der Waals surface area contributed by atoms with Crippen molar-refractivity contribution in [2.24, 2.45) is 0 Å². The normalized spacial score (nSPS) is 14.5. The number of halogens is 1. The van der Waals surface area contributed by atoms with Gasteiger partial charge in [-0.05, 0) is 43.7 Å². The van der Waals surface area contributed by atoms with Crippen LogP contribution >= 0.6 is 11.6 Å². The number of morpholine rings is 1. The quantitative estimate of drug-likeness (QED) is 0.925. The first-order chi connectivity index (χ1) is 11.5. The lowest BCUT2D eigenvalue weighted by atomic mass is 10.2. The van der Waals surface area contributed by atoms with Gasteiger partial charge in [-0.25, -0.2) is 9.97 Å². The highest BCUT2D eigenvalue weighted by Crippen LogP contribution is 2.20. The average Bonchev–Trinajstić information content (AvgIpc) is 2.57. The second-order valence-electron chi connectivity index (χ2n) is 5.71. The van der Waals surface area contributed by atoms with E-state index in [1.807, 2.05) is 24.8 Å². The Balaban J connectivity index is 1.82. The number of nitrogens with one attached hydrogen (secondary N) is 1. The topological polar surface area (TPSA) is 67.4 Å². The third-order valence-electron chi connectivity index (χ3n) is 3.81. The smallest absolute Gasteiger partial charge is 0.274 e. The Morgan fingerprint density at radius 2 is 1.96 bits per heavy atom. The summed E-state index contributed by atoms with van der Waals surface area (Å²) >= 11 is 5.95. The number of carbonyl (C=O) groups is 1. The number of aryl methyl sites for hydroxylation is 2. The Morgan fingerprint density at radius 1 is 1.21 bits per heavy atom. The molecule has 0 bridgehead atoms. The minimum absolute atomic E-state index is 0.263. The molecule has 1 aromatic heterocycles. The van der Waals surface area contributed by atoms with Gasteiger partial charge in [0.15, 0.2) is 0 Å². The van der Waals surface area contributed by atoms with E-state index in [1.165, 1.54) is 0 Å². The van der Waals surface area contributed by atoms with E-state index in [0.717, 1.165) is 24.3 Å². The minimum atomic E-state index is -0.263. The number of carbonyl (C=O) groups excluding carboxylic acids is 1. The maximum absolute atomic E-state index is 12.6. The second kappa shape index (κ2) is 7.15. The monoisotopic (exact) mass is 346 g/mol. The first kappa shape index (κ1) is 16.7. The van der Waals surface area contributed by atoms with Crippen LogP contribution in [0, 0.1) is 13.8 Å². The lowest BCUT2D eigenvalue weighted by molar-refractivity contribution is 0.102. The molecule has 6 nitrogen and oxygen atoms in total. The Labute approximate surface area is 145 Å². The SMILES string of the molecule is Cc1cc(C(=O)Nc2ccc(Cl)cc2C)nc(N2CCOCC2)n1. The molecule has 3 rings (SSSR count). The van der Waals surface area contributed by atoms with Crippen LogP contribution in [0.4, 0.5) is 11.6 Å². The van der Waals surface area contributed by atoms with Gasteiger partial charge in [0.1, 0.15) is 5.69 Å². The zero-order chi connectivity index (χ0) is 17.1. The van der Waals surface area contributed by atoms with Gasteiger partial charge in [0.25, 0.3) is 5.91 Å². The molecular weight excluding hydrogens is 328 g/mol. The van der Waals surface area contributed by atoms with Crippen LogP contribution in [0.1, 0.15) is 21.7 Å². The predicted octanol–water partition coefficient (Wildman–Crippen LogP) is 2.84. The molecule has 1 N–H and O–H groups in total. The van der Waals surface area contributed by atoms with Crippen LogP contribution in [0.2, 0.25) is 5.02 Å². The van der Waals surface area contributed by atoms with E-state index in [4.69, 9.17) is 16.3 Å². The van der Waals surface area contributed by atoms with Crippen molar-refractivity contribution in [1.82, 2.24) is 9.97 Å². The molecule has 1 fully saturated rings. The first-order valence-corrected chi connectivity index (χ1v) is 8.16.